The number of benzene rings is 1. The Bertz CT molecular complexity index is 942. The Balaban J connectivity index is 1.93. The van der Waals surface area contributed by atoms with Gasteiger partial charge in [0.2, 0.25) is 11.8 Å². The maximum Gasteiger partial charge on any atom is 0.271 e. The van der Waals surface area contributed by atoms with Crippen LogP contribution < -0.4 is 4.74 Å². The molecule has 3 aromatic rings. The van der Waals surface area contributed by atoms with Crippen LogP contribution in [-0.4, -0.2) is 21.6 Å². The summed E-state index contributed by atoms with van der Waals surface area (Å²) < 4.78 is 54.3. The number of halogens is 4. The second kappa shape index (κ2) is 8.20. The van der Waals surface area contributed by atoms with E-state index in [0.29, 0.717) is 10.8 Å². The number of rotatable bonds is 7. The minimum atomic E-state index is -3.19. The predicted molar refractivity (Wildman–Crippen MR) is 97.3 cm³/mol. The minimum Gasteiger partial charge on any atom is -0.439 e. The van der Waals surface area contributed by atoms with Crippen molar-refractivity contribution in [3.63, 3.8) is 0 Å². The molecule has 0 spiro atoms. The van der Waals surface area contributed by atoms with E-state index in [-0.39, 0.29) is 23.6 Å². The zero-order valence-corrected chi connectivity index (χ0v) is 15.8. The van der Waals surface area contributed by atoms with E-state index in [1.165, 1.54) is 24.2 Å². The van der Waals surface area contributed by atoms with Gasteiger partial charge in [-0.25, -0.2) is 18.7 Å². The molecule has 28 heavy (non-hydrogen) atoms. The fourth-order valence-electron chi connectivity index (χ4n) is 2.68. The summed E-state index contributed by atoms with van der Waals surface area (Å²) in [5.41, 5.74) is -0.189. The van der Waals surface area contributed by atoms with Gasteiger partial charge in [-0.05, 0) is 24.3 Å². The number of ether oxygens (including phenoxy) is 2. The molecule has 0 aliphatic heterocycles. The molecule has 0 N–H and O–H groups in total. The van der Waals surface area contributed by atoms with E-state index in [0.717, 1.165) is 19.2 Å². The van der Waals surface area contributed by atoms with Crippen molar-refractivity contribution in [2.45, 2.75) is 25.5 Å². The standard InChI is InChI=1S/C19H17ClF3N3O2/c1-19(22,23)15-7-18(28-13-5-3-12(20)4-6-13)25-8-14(15)16(27-2)10-26-11-24-9-17(26)21/h3-9,11,16H,10H2,1-2H3. The lowest BCUT2D eigenvalue weighted by atomic mass is 10.00. The number of imidazole rings is 1. The topological polar surface area (TPSA) is 49.2 Å². The third kappa shape index (κ3) is 4.63. The molecular weight excluding hydrogens is 395 g/mol. The molecule has 0 saturated carbocycles. The summed E-state index contributed by atoms with van der Waals surface area (Å²) in [5.74, 6) is -3.40. The Labute approximate surface area is 164 Å². The average Bonchev–Trinajstić information content (AvgIpc) is 3.06. The van der Waals surface area contributed by atoms with Crippen LogP contribution in [0.2, 0.25) is 5.02 Å². The summed E-state index contributed by atoms with van der Waals surface area (Å²) in [7, 11) is 1.36. The van der Waals surface area contributed by atoms with E-state index in [9.17, 15) is 13.2 Å². The molecule has 2 aromatic heterocycles. The lowest BCUT2D eigenvalue weighted by molar-refractivity contribution is 0.0101. The number of alkyl halides is 2. The van der Waals surface area contributed by atoms with Gasteiger partial charge in [-0.3, -0.25) is 0 Å². The molecule has 0 saturated heterocycles. The van der Waals surface area contributed by atoms with Crippen LogP contribution >= 0.6 is 11.6 Å². The highest BCUT2D eigenvalue weighted by Crippen LogP contribution is 2.37. The molecule has 0 bridgehead atoms. The molecule has 1 aromatic carbocycles. The molecule has 2 heterocycles. The molecular formula is C19H17ClF3N3O2. The van der Waals surface area contributed by atoms with Crippen LogP contribution in [0.15, 0.2) is 49.1 Å². The van der Waals surface area contributed by atoms with Gasteiger partial charge >= 0.3 is 0 Å². The van der Waals surface area contributed by atoms with Gasteiger partial charge in [0, 0.05) is 42.4 Å². The number of hydrogen-bond acceptors (Lipinski definition) is 4. The SMILES string of the molecule is COC(Cn1cncc1F)c1cnc(Oc2ccc(Cl)cc2)cc1C(C)(F)F. The van der Waals surface area contributed by atoms with Crippen LogP contribution in [0.4, 0.5) is 13.2 Å². The Morgan fingerprint density at radius 1 is 1.21 bits per heavy atom. The van der Waals surface area contributed by atoms with Crippen molar-refractivity contribution < 1.29 is 22.6 Å². The average molecular weight is 412 g/mol. The van der Waals surface area contributed by atoms with E-state index in [1.54, 1.807) is 24.3 Å². The molecule has 0 aliphatic rings. The van der Waals surface area contributed by atoms with Gasteiger partial charge in [0.1, 0.15) is 11.9 Å². The van der Waals surface area contributed by atoms with Gasteiger partial charge in [0.15, 0.2) is 0 Å². The first-order valence-corrected chi connectivity index (χ1v) is 8.66. The number of hydrogen-bond donors (Lipinski definition) is 0. The normalized spacial score (nSPS) is 12.8. The first kappa shape index (κ1) is 20.2. The Hall–Kier alpha value is -2.58. The molecule has 0 radical (unpaired) electrons. The zero-order chi connectivity index (χ0) is 20.3. The summed E-state index contributed by atoms with van der Waals surface area (Å²) in [6.07, 6.45) is 2.68. The Morgan fingerprint density at radius 2 is 1.93 bits per heavy atom. The van der Waals surface area contributed by atoms with Crippen molar-refractivity contribution >= 4 is 11.6 Å². The molecule has 0 aliphatic carbocycles. The summed E-state index contributed by atoms with van der Waals surface area (Å²) in [6.45, 7) is 0.729. The molecule has 1 unspecified atom stereocenters. The van der Waals surface area contributed by atoms with E-state index >= 15 is 0 Å². The van der Waals surface area contributed by atoms with E-state index in [4.69, 9.17) is 21.1 Å². The third-order valence-electron chi connectivity index (χ3n) is 4.07. The van der Waals surface area contributed by atoms with Gasteiger partial charge in [0.05, 0.1) is 19.1 Å². The van der Waals surface area contributed by atoms with Crippen LogP contribution in [0.3, 0.4) is 0 Å². The first-order chi connectivity index (χ1) is 13.3. The van der Waals surface area contributed by atoms with E-state index < -0.39 is 18.0 Å². The van der Waals surface area contributed by atoms with Gasteiger partial charge in [-0.1, -0.05) is 11.6 Å². The highest BCUT2D eigenvalue weighted by molar-refractivity contribution is 6.30. The Morgan fingerprint density at radius 3 is 2.50 bits per heavy atom. The maximum atomic E-state index is 14.3. The summed E-state index contributed by atoms with van der Waals surface area (Å²) in [4.78, 5) is 7.78. The molecule has 1 atom stereocenters. The second-order valence-corrected chi connectivity index (χ2v) is 6.58. The maximum absolute atomic E-state index is 14.3. The van der Waals surface area contributed by atoms with Gasteiger partial charge in [-0.15, -0.1) is 0 Å². The van der Waals surface area contributed by atoms with Crippen LogP contribution in [0.25, 0.3) is 0 Å². The van der Waals surface area contributed by atoms with E-state index in [1.807, 2.05) is 0 Å². The van der Waals surface area contributed by atoms with Crippen molar-refractivity contribution in [3.05, 3.63) is 71.2 Å². The summed E-state index contributed by atoms with van der Waals surface area (Å²) >= 11 is 5.82. The molecule has 3 rings (SSSR count). The quantitative estimate of drug-likeness (QED) is 0.525. The lowest BCUT2D eigenvalue weighted by Crippen LogP contribution is -2.19. The first-order valence-electron chi connectivity index (χ1n) is 8.28. The fourth-order valence-corrected chi connectivity index (χ4v) is 2.81. The third-order valence-corrected chi connectivity index (χ3v) is 4.33. The molecule has 0 fully saturated rings. The fraction of sp³-hybridized carbons (Fsp3) is 0.263. The smallest absolute Gasteiger partial charge is 0.271 e. The molecule has 5 nitrogen and oxygen atoms in total. The van der Waals surface area contributed by atoms with Crippen LogP contribution in [0, 0.1) is 5.95 Å². The van der Waals surface area contributed by atoms with Crippen molar-refractivity contribution in [1.29, 1.82) is 0 Å². The van der Waals surface area contributed by atoms with Gasteiger partial charge < -0.3 is 14.0 Å². The van der Waals surface area contributed by atoms with Crippen molar-refractivity contribution in [2.75, 3.05) is 7.11 Å². The number of pyridine rings is 1. The highest BCUT2D eigenvalue weighted by atomic mass is 35.5. The summed E-state index contributed by atoms with van der Waals surface area (Å²) in [5, 5.41) is 0.520. The van der Waals surface area contributed by atoms with Crippen molar-refractivity contribution in [1.82, 2.24) is 14.5 Å². The second-order valence-electron chi connectivity index (χ2n) is 6.15. The molecule has 0 amide bonds. The zero-order valence-electron chi connectivity index (χ0n) is 15.1. The van der Waals surface area contributed by atoms with Crippen LogP contribution in [0.1, 0.15) is 24.2 Å². The predicted octanol–water partition coefficient (Wildman–Crippen LogP) is 5.36. The lowest BCUT2D eigenvalue weighted by Gasteiger charge is -2.23. The van der Waals surface area contributed by atoms with Crippen LogP contribution in [-0.2, 0) is 17.2 Å². The van der Waals surface area contributed by atoms with Crippen molar-refractivity contribution in [2.24, 2.45) is 0 Å². The van der Waals surface area contributed by atoms with Gasteiger partial charge in [0.25, 0.3) is 5.92 Å². The monoisotopic (exact) mass is 411 g/mol. The van der Waals surface area contributed by atoms with Crippen molar-refractivity contribution in [3.8, 4) is 11.6 Å². The number of nitrogens with zero attached hydrogens (tertiary/aromatic N) is 3. The number of methoxy groups -OCH3 is 1. The van der Waals surface area contributed by atoms with Crippen LogP contribution in [0.5, 0.6) is 11.6 Å². The minimum absolute atomic E-state index is 0.00809. The summed E-state index contributed by atoms with van der Waals surface area (Å²) in [6, 6.07) is 7.57. The largest absolute Gasteiger partial charge is 0.439 e. The Kier molecular flexibility index (Phi) is 5.90. The van der Waals surface area contributed by atoms with Gasteiger partial charge in [-0.2, -0.15) is 4.39 Å². The van der Waals surface area contributed by atoms with E-state index in [2.05, 4.69) is 9.97 Å². The highest BCUT2D eigenvalue weighted by Gasteiger charge is 2.32. The molecule has 148 valence electrons. The molecule has 9 heteroatoms. The number of aromatic nitrogens is 3.